The van der Waals surface area contributed by atoms with E-state index < -0.39 is 23.8 Å². The van der Waals surface area contributed by atoms with Crippen molar-refractivity contribution in [2.45, 2.75) is 78.5 Å². The third kappa shape index (κ3) is 8.98. The molecule has 0 fully saturated rings. The Morgan fingerprint density at radius 1 is 0.951 bits per heavy atom. The fourth-order valence-electron chi connectivity index (χ4n) is 4.72. The summed E-state index contributed by atoms with van der Waals surface area (Å²) in [5.74, 6) is -0.663. The Morgan fingerprint density at radius 3 is 2.32 bits per heavy atom. The largest absolute Gasteiger partial charge is 0.444 e. The van der Waals surface area contributed by atoms with Crippen molar-refractivity contribution in [2.75, 3.05) is 17.6 Å². The molecule has 0 aliphatic heterocycles. The summed E-state index contributed by atoms with van der Waals surface area (Å²) < 4.78 is 5.41. The molecule has 3 aromatic carbocycles. The minimum atomic E-state index is -0.976. The van der Waals surface area contributed by atoms with Gasteiger partial charge in [-0.2, -0.15) is 12.6 Å². The van der Waals surface area contributed by atoms with Gasteiger partial charge in [0.05, 0.1) is 0 Å². The third-order valence-electron chi connectivity index (χ3n) is 6.76. The van der Waals surface area contributed by atoms with E-state index in [4.69, 9.17) is 4.74 Å². The second-order valence-corrected chi connectivity index (χ2v) is 11.8. The summed E-state index contributed by atoms with van der Waals surface area (Å²) in [5.41, 5.74) is 2.53. The number of alkyl carbamates (subject to hydrolysis) is 1. The highest BCUT2D eigenvalue weighted by Crippen LogP contribution is 2.29. The fourth-order valence-corrected chi connectivity index (χ4v) is 4.96. The first kappa shape index (κ1) is 32.0. The molecule has 0 aliphatic rings. The number of rotatable bonds is 11. The molecule has 3 amide bonds. The molecule has 220 valence electrons. The van der Waals surface area contributed by atoms with Crippen LogP contribution in [-0.2, 0) is 14.3 Å². The Kier molecular flexibility index (Phi) is 11.2. The third-order valence-corrected chi connectivity index (χ3v) is 7.13. The molecule has 3 aromatic rings. The molecular weight excluding hydrogens is 534 g/mol. The molecular formula is C33H43N3O4S. The predicted octanol–water partition coefficient (Wildman–Crippen LogP) is 6.98. The minimum Gasteiger partial charge on any atom is -0.444 e. The molecule has 2 atom stereocenters. The molecule has 0 aromatic heterocycles. The maximum atomic E-state index is 14.2. The van der Waals surface area contributed by atoms with Gasteiger partial charge in [0, 0.05) is 18.0 Å². The number of hydrogen-bond donors (Lipinski definition) is 3. The zero-order chi connectivity index (χ0) is 30.2. The second-order valence-electron chi connectivity index (χ2n) is 11.4. The summed E-state index contributed by atoms with van der Waals surface area (Å²) in [5, 5.41) is 7.81. The molecule has 2 N–H and O–H groups in total. The summed E-state index contributed by atoms with van der Waals surface area (Å²) in [7, 11) is 0. The maximum absolute atomic E-state index is 14.2. The lowest BCUT2D eigenvalue weighted by Crippen LogP contribution is -2.53. The summed E-state index contributed by atoms with van der Waals surface area (Å²) in [4.78, 5) is 42.5. The molecule has 2 unspecified atom stereocenters. The number of nitrogens with one attached hydrogen (secondary N) is 2. The van der Waals surface area contributed by atoms with Crippen molar-refractivity contribution in [3.8, 4) is 0 Å². The normalized spacial score (nSPS) is 12.9. The zero-order valence-corrected chi connectivity index (χ0v) is 25.9. The smallest absolute Gasteiger partial charge is 0.408 e. The van der Waals surface area contributed by atoms with Gasteiger partial charge in [-0.25, -0.2) is 4.79 Å². The standard InChI is InChI=1S/C33H43N3O4S/c1-7-8-11-18-36(31(38)28(21-41)35-32(39)40-33(4,5)6)29(27-19-22(2)14-15-23(27)3)30(37)34-26-17-16-24-12-9-10-13-25(24)20-26/h9-10,12-17,19-20,28-29,41H,7-8,11,18,21H2,1-6H3,(H,34,37)(H,35,39). The summed E-state index contributed by atoms with van der Waals surface area (Å²) >= 11 is 4.39. The van der Waals surface area contributed by atoms with E-state index in [2.05, 4.69) is 30.2 Å². The molecule has 8 heteroatoms. The van der Waals surface area contributed by atoms with Crippen LogP contribution < -0.4 is 10.6 Å². The topological polar surface area (TPSA) is 87.7 Å². The van der Waals surface area contributed by atoms with Gasteiger partial charge in [-0.3, -0.25) is 9.59 Å². The summed E-state index contributed by atoms with van der Waals surface area (Å²) in [6, 6.07) is 17.7. The number of fused-ring (bicyclic) bond motifs is 1. The number of thiol groups is 1. The van der Waals surface area contributed by atoms with E-state index in [1.807, 2.05) is 74.5 Å². The Bertz CT molecular complexity index is 1370. The van der Waals surface area contributed by atoms with Crippen molar-refractivity contribution in [1.82, 2.24) is 10.2 Å². The van der Waals surface area contributed by atoms with Gasteiger partial charge in [0.1, 0.15) is 17.7 Å². The Labute approximate surface area is 249 Å². The number of hydrogen-bond acceptors (Lipinski definition) is 5. The molecule has 0 saturated carbocycles. The van der Waals surface area contributed by atoms with Gasteiger partial charge in [-0.05, 0) is 75.1 Å². The molecule has 0 aliphatic carbocycles. The van der Waals surface area contributed by atoms with Gasteiger partial charge in [-0.1, -0.05) is 73.9 Å². The van der Waals surface area contributed by atoms with Crippen molar-refractivity contribution >= 4 is 47.0 Å². The van der Waals surface area contributed by atoms with Gasteiger partial charge >= 0.3 is 6.09 Å². The number of aryl methyl sites for hydroxylation is 2. The molecule has 3 rings (SSSR count). The molecule has 0 radical (unpaired) electrons. The van der Waals surface area contributed by atoms with Crippen LogP contribution in [-0.4, -0.2) is 46.7 Å². The zero-order valence-electron chi connectivity index (χ0n) is 25.0. The monoisotopic (exact) mass is 577 g/mol. The van der Waals surface area contributed by atoms with E-state index in [0.29, 0.717) is 18.7 Å². The molecule has 7 nitrogen and oxygen atoms in total. The first-order valence-corrected chi connectivity index (χ1v) is 14.8. The predicted molar refractivity (Wildman–Crippen MR) is 169 cm³/mol. The van der Waals surface area contributed by atoms with Gasteiger partial charge in [0.25, 0.3) is 5.91 Å². The molecule has 41 heavy (non-hydrogen) atoms. The number of carbonyl (C=O) groups excluding carboxylic acids is 3. The van der Waals surface area contributed by atoms with Crippen LogP contribution in [0.15, 0.2) is 60.7 Å². The molecule has 0 spiro atoms. The Balaban J connectivity index is 2.03. The number of carbonyl (C=O) groups is 3. The molecule has 0 heterocycles. The van der Waals surface area contributed by atoms with Crippen LogP contribution in [0.25, 0.3) is 10.8 Å². The van der Waals surface area contributed by atoms with Crippen LogP contribution >= 0.6 is 12.6 Å². The van der Waals surface area contributed by atoms with E-state index in [-0.39, 0.29) is 17.6 Å². The van der Waals surface area contributed by atoms with Crippen LogP contribution in [0, 0.1) is 13.8 Å². The Hall–Kier alpha value is -3.52. The van der Waals surface area contributed by atoms with Crippen molar-refractivity contribution in [2.24, 2.45) is 0 Å². The number of amides is 3. The number of unbranched alkanes of at least 4 members (excludes halogenated alkanes) is 2. The highest BCUT2D eigenvalue weighted by atomic mass is 32.1. The maximum Gasteiger partial charge on any atom is 0.408 e. The second kappa shape index (κ2) is 14.4. The van der Waals surface area contributed by atoms with Crippen LogP contribution in [0.5, 0.6) is 0 Å². The SMILES string of the molecule is CCCCCN(C(=O)C(CS)NC(=O)OC(C)(C)C)C(C(=O)Nc1ccc2ccccc2c1)c1cc(C)ccc1C. The Morgan fingerprint density at radius 2 is 1.66 bits per heavy atom. The quantitative estimate of drug-likeness (QED) is 0.170. The first-order chi connectivity index (χ1) is 19.4. The number of anilines is 1. The average molecular weight is 578 g/mol. The minimum absolute atomic E-state index is 0.0498. The number of benzene rings is 3. The van der Waals surface area contributed by atoms with Gasteiger partial charge in [0.15, 0.2) is 0 Å². The van der Waals surface area contributed by atoms with Crippen molar-refractivity contribution in [3.63, 3.8) is 0 Å². The van der Waals surface area contributed by atoms with Crippen LogP contribution in [0.4, 0.5) is 10.5 Å². The lowest BCUT2D eigenvalue weighted by molar-refractivity contribution is -0.140. The highest BCUT2D eigenvalue weighted by Gasteiger charge is 2.36. The first-order valence-electron chi connectivity index (χ1n) is 14.2. The van der Waals surface area contributed by atoms with Crippen molar-refractivity contribution in [1.29, 1.82) is 0 Å². The fraction of sp³-hybridized carbons (Fsp3) is 0.424. The lowest BCUT2D eigenvalue weighted by Gasteiger charge is -2.35. The highest BCUT2D eigenvalue weighted by molar-refractivity contribution is 7.80. The average Bonchev–Trinajstić information content (AvgIpc) is 2.91. The molecule has 0 saturated heterocycles. The van der Waals surface area contributed by atoms with E-state index in [1.54, 1.807) is 25.7 Å². The van der Waals surface area contributed by atoms with E-state index >= 15 is 0 Å². The van der Waals surface area contributed by atoms with Crippen molar-refractivity contribution < 1.29 is 19.1 Å². The lowest BCUT2D eigenvalue weighted by atomic mass is 9.95. The van der Waals surface area contributed by atoms with Gasteiger partial charge in [0.2, 0.25) is 5.91 Å². The van der Waals surface area contributed by atoms with E-state index in [1.165, 1.54) is 0 Å². The number of nitrogens with zero attached hydrogens (tertiary/aromatic N) is 1. The van der Waals surface area contributed by atoms with E-state index in [0.717, 1.165) is 40.3 Å². The van der Waals surface area contributed by atoms with Gasteiger partial charge < -0.3 is 20.3 Å². The van der Waals surface area contributed by atoms with E-state index in [9.17, 15) is 14.4 Å². The summed E-state index contributed by atoms with van der Waals surface area (Å²) in [6.07, 6.45) is 1.84. The van der Waals surface area contributed by atoms with Crippen LogP contribution in [0.2, 0.25) is 0 Å². The molecule has 0 bridgehead atoms. The van der Waals surface area contributed by atoms with Crippen molar-refractivity contribution in [3.05, 3.63) is 77.4 Å². The summed E-state index contributed by atoms with van der Waals surface area (Å²) in [6.45, 7) is 11.6. The van der Waals surface area contributed by atoms with Crippen LogP contribution in [0.3, 0.4) is 0 Å². The van der Waals surface area contributed by atoms with Crippen LogP contribution in [0.1, 0.15) is 69.7 Å². The van der Waals surface area contributed by atoms with Gasteiger partial charge in [-0.15, -0.1) is 0 Å². The number of ether oxygens (including phenoxy) is 1.